The zero-order chi connectivity index (χ0) is 11.7. The fraction of sp³-hybridized carbons (Fsp3) is 0. The summed E-state index contributed by atoms with van der Waals surface area (Å²) in [5.74, 6) is 0.726. The molecular formula is C14H11N3. The third-order valence-corrected chi connectivity index (χ3v) is 2.76. The summed E-state index contributed by atoms with van der Waals surface area (Å²) < 4.78 is 0. The van der Waals surface area contributed by atoms with Crippen molar-refractivity contribution >= 4 is 16.5 Å². The highest BCUT2D eigenvalue weighted by atomic mass is 14.8. The minimum Gasteiger partial charge on any atom is -0.398 e. The van der Waals surface area contributed by atoms with E-state index in [0.717, 1.165) is 27.8 Å². The topological polar surface area (TPSA) is 51.8 Å². The Labute approximate surface area is 98.9 Å². The molecule has 1 aromatic heterocycles. The Morgan fingerprint density at radius 1 is 0.765 bits per heavy atom. The number of hydrogen-bond donors (Lipinski definition) is 1. The molecule has 1 heterocycles. The van der Waals surface area contributed by atoms with E-state index >= 15 is 0 Å². The molecule has 0 aliphatic heterocycles. The van der Waals surface area contributed by atoms with Crippen LogP contribution in [0.15, 0.2) is 54.9 Å². The van der Waals surface area contributed by atoms with Gasteiger partial charge in [-0.05, 0) is 17.5 Å². The quantitative estimate of drug-likeness (QED) is 0.643. The Morgan fingerprint density at radius 3 is 2.29 bits per heavy atom. The summed E-state index contributed by atoms with van der Waals surface area (Å²) >= 11 is 0. The number of nitrogens with two attached hydrogens (primary N) is 1. The molecular weight excluding hydrogens is 210 g/mol. The van der Waals surface area contributed by atoms with Gasteiger partial charge in [0.1, 0.15) is 0 Å². The lowest BCUT2D eigenvalue weighted by molar-refractivity contribution is 1.18. The zero-order valence-corrected chi connectivity index (χ0v) is 9.17. The molecule has 0 unspecified atom stereocenters. The first-order chi connectivity index (χ1) is 8.36. The van der Waals surface area contributed by atoms with Crippen molar-refractivity contribution in [2.75, 3.05) is 5.73 Å². The van der Waals surface area contributed by atoms with Gasteiger partial charge in [-0.25, -0.2) is 9.97 Å². The van der Waals surface area contributed by atoms with Gasteiger partial charge in [-0.2, -0.15) is 0 Å². The lowest BCUT2D eigenvalue weighted by atomic mass is 10.0. The Hall–Kier alpha value is -2.42. The predicted octanol–water partition coefficient (Wildman–Crippen LogP) is 2.88. The molecule has 2 aromatic carbocycles. The number of anilines is 1. The first kappa shape index (κ1) is 9.78. The second-order valence-electron chi connectivity index (χ2n) is 3.82. The fourth-order valence-electron chi connectivity index (χ4n) is 1.97. The summed E-state index contributed by atoms with van der Waals surface area (Å²) in [6, 6.07) is 13.7. The summed E-state index contributed by atoms with van der Waals surface area (Å²) in [6.07, 6.45) is 3.49. The standard InChI is InChI=1S/C14H11N3/c15-13-7-2-4-10-11(13)5-1-6-12(10)14-16-8-3-9-17-14/h1-9H,15H2. The van der Waals surface area contributed by atoms with Crippen LogP contribution in [0.4, 0.5) is 5.69 Å². The van der Waals surface area contributed by atoms with Crippen molar-refractivity contribution in [1.82, 2.24) is 9.97 Å². The van der Waals surface area contributed by atoms with Crippen molar-refractivity contribution in [3.63, 3.8) is 0 Å². The lowest BCUT2D eigenvalue weighted by Crippen LogP contribution is -1.91. The third-order valence-electron chi connectivity index (χ3n) is 2.76. The van der Waals surface area contributed by atoms with Crippen LogP contribution in [0.25, 0.3) is 22.2 Å². The van der Waals surface area contributed by atoms with Gasteiger partial charge < -0.3 is 5.73 Å². The molecule has 0 aliphatic carbocycles. The Bertz CT molecular complexity index is 663. The van der Waals surface area contributed by atoms with Gasteiger partial charge in [0.05, 0.1) is 0 Å². The largest absolute Gasteiger partial charge is 0.398 e. The molecule has 0 bridgehead atoms. The average molecular weight is 221 g/mol. The second-order valence-corrected chi connectivity index (χ2v) is 3.82. The molecule has 0 saturated carbocycles. The number of nitrogens with zero attached hydrogens (tertiary/aromatic N) is 2. The SMILES string of the molecule is Nc1cccc2c(-c3ncccn3)cccc12. The molecule has 0 amide bonds. The van der Waals surface area contributed by atoms with Gasteiger partial charge in [0, 0.05) is 29.0 Å². The number of nitrogen functional groups attached to an aromatic ring is 1. The monoisotopic (exact) mass is 221 g/mol. The van der Waals surface area contributed by atoms with Crippen LogP contribution in [0.1, 0.15) is 0 Å². The van der Waals surface area contributed by atoms with E-state index in [1.165, 1.54) is 0 Å². The highest BCUT2D eigenvalue weighted by Gasteiger charge is 2.06. The maximum atomic E-state index is 5.96. The Kier molecular flexibility index (Phi) is 2.22. The molecule has 0 radical (unpaired) electrons. The molecule has 3 rings (SSSR count). The summed E-state index contributed by atoms with van der Waals surface area (Å²) in [7, 11) is 0. The summed E-state index contributed by atoms with van der Waals surface area (Å²) in [5.41, 5.74) is 7.75. The number of rotatable bonds is 1. The highest BCUT2D eigenvalue weighted by Crippen LogP contribution is 2.28. The van der Waals surface area contributed by atoms with Crippen LogP contribution in [-0.2, 0) is 0 Å². The molecule has 0 aliphatic rings. The van der Waals surface area contributed by atoms with Crippen molar-refractivity contribution in [2.24, 2.45) is 0 Å². The van der Waals surface area contributed by atoms with Crippen LogP contribution in [0, 0.1) is 0 Å². The van der Waals surface area contributed by atoms with E-state index < -0.39 is 0 Å². The summed E-state index contributed by atoms with van der Waals surface area (Å²) in [4.78, 5) is 8.55. The van der Waals surface area contributed by atoms with E-state index in [9.17, 15) is 0 Å². The molecule has 82 valence electrons. The number of aromatic nitrogens is 2. The van der Waals surface area contributed by atoms with Crippen LogP contribution in [-0.4, -0.2) is 9.97 Å². The van der Waals surface area contributed by atoms with Crippen LogP contribution in [0.2, 0.25) is 0 Å². The Morgan fingerprint density at radius 2 is 1.47 bits per heavy atom. The molecule has 3 heteroatoms. The van der Waals surface area contributed by atoms with Crippen molar-refractivity contribution < 1.29 is 0 Å². The molecule has 0 atom stereocenters. The third kappa shape index (κ3) is 1.61. The number of benzene rings is 2. The highest BCUT2D eigenvalue weighted by molar-refractivity contribution is 6.01. The van der Waals surface area contributed by atoms with Gasteiger partial charge in [-0.15, -0.1) is 0 Å². The minimum atomic E-state index is 0.726. The number of hydrogen-bond acceptors (Lipinski definition) is 3. The van der Waals surface area contributed by atoms with E-state index in [4.69, 9.17) is 5.73 Å². The van der Waals surface area contributed by atoms with Crippen molar-refractivity contribution in [1.29, 1.82) is 0 Å². The summed E-state index contributed by atoms with van der Waals surface area (Å²) in [5, 5.41) is 2.12. The van der Waals surface area contributed by atoms with E-state index in [-0.39, 0.29) is 0 Å². The molecule has 2 N–H and O–H groups in total. The van der Waals surface area contributed by atoms with Gasteiger partial charge in [-0.1, -0.05) is 30.3 Å². The van der Waals surface area contributed by atoms with E-state index in [1.54, 1.807) is 12.4 Å². The van der Waals surface area contributed by atoms with E-state index in [2.05, 4.69) is 9.97 Å². The first-order valence-corrected chi connectivity index (χ1v) is 5.41. The average Bonchev–Trinajstić information content (AvgIpc) is 2.40. The van der Waals surface area contributed by atoms with Gasteiger partial charge in [0.25, 0.3) is 0 Å². The molecule has 0 saturated heterocycles. The van der Waals surface area contributed by atoms with Crippen LogP contribution < -0.4 is 5.73 Å². The predicted molar refractivity (Wildman–Crippen MR) is 69.4 cm³/mol. The van der Waals surface area contributed by atoms with Crippen molar-refractivity contribution in [3.8, 4) is 11.4 Å². The fourth-order valence-corrected chi connectivity index (χ4v) is 1.97. The molecule has 3 nitrogen and oxygen atoms in total. The van der Waals surface area contributed by atoms with E-state index in [1.807, 2.05) is 42.5 Å². The van der Waals surface area contributed by atoms with Gasteiger partial charge in [-0.3, -0.25) is 0 Å². The maximum Gasteiger partial charge on any atom is 0.159 e. The van der Waals surface area contributed by atoms with Crippen molar-refractivity contribution in [3.05, 3.63) is 54.9 Å². The minimum absolute atomic E-state index is 0.726. The Balaban J connectivity index is 2.35. The summed E-state index contributed by atoms with van der Waals surface area (Å²) in [6.45, 7) is 0. The smallest absolute Gasteiger partial charge is 0.159 e. The normalized spacial score (nSPS) is 10.6. The molecule has 17 heavy (non-hydrogen) atoms. The van der Waals surface area contributed by atoms with Gasteiger partial charge in [0.2, 0.25) is 0 Å². The first-order valence-electron chi connectivity index (χ1n) is 5.41. The number of fused-ring (bicyclic) bond motifs is 1. The molecule has 0 spiro atoms. The van der Waals surface area contributed by atoms with Gasteiger partial charge >= 0.3 is 0 Å². The van der Waals surface area contributed by atoms with Gasteiger partial charge in [0.15, 0.2) is 5.82 Å². The molecule has 0 fully saturated rings. The maximum absolute atomic E-state index is 5.96. The molecule has 3 aromatic rings. The lowest BCUT2D eigenvalue weighted by Gasteiger charge is -2.06. The zero-order valence-electron chi connectivity index (χ0n) is 9.17. The van der Waals surface area contributed by atoms with Crippen molar-refractivity contribution in [2.45, 2.75) is 0 Å². The van der Waals surface area contributed by atoms with E-state index in [0.29, 0.717) is 0 Å². The second kappa shape index (κ2) is 3.87. The van der Waals surface area contributed by atoms with Crippen LogP contribution in [0.5, 0.6) is 0 Å². The van der Waals surface area contributed by atoms with Crippen LogP contribution in [0.3, 0.4) is 0 Å². The van der Waals surface area contributed by atoms with Crippen LogP contribution >= 0.6 is 0 Å².